The highest BCUT2D eigenvalue weighted by Gasteiger charge is 2.54. The van der Waals surface area contributed by atoms with Gasteiger partial charge in [0.25, 0.3) is 17.6 Å². The Morgan fingerprint density at radius 1 is 1.23 bits per heavy atom. The number of nitrogens with two attached hydrogens (primary N) is 1. The highest BCUT2D eigenvalue weighted by Crippen LogP contribution is 2.56. The second kappa shape index (κ2) is 7.76. The second-order valence-electron chi connectivity index (χ2n) is 11.2. The van der Waals surface area contributed by atoms with E-state index in [0.717, 1.165) is 61.7 Å². The first kappa shape index (κ1) is 21.3. The summed E-state index contributed by atoms with van der Waals surface area (Å²) in [6, 6.07) is 2.41. The normalized spacial score (nSPS) is 32.5. The molecule has 0 aromatic carbocycles. The van der Waals surface area contributed by atoms with E-state index in [1.165, 1.54) is 0 Å². The van der Waals surface area contributed by atoms with Crippen molar-refractivity contribution in [2.45, 2.75) is 62.6 Å². The average molecular weight is 478 g/mol. The van der Waals surface area contributed by atoms with Crippen LogP contribution in [0, 0.1) is 17.8 Å². The van der Waals surface area contributed by atoms with Crippen molar-refractivity contribution in [2.24, 2.45) is 23.5 Å². The zero-order valence-electron chi connectivity index (χ0n) is 19.6. The number of aliphatic hydroxyl groups is 1. The van der Waals surface area contributed by atoms with Gasteiger partial charge in [-0.1, -0.05) is 5.16 Å². The first-order valence-corrected chi connectivity index (χ1v) is 12.8. The summed E-state index contributed by atoms with van der Waals surface area (Å²) in [5.41, 5.74) is 7.86. The van der Waals surface area contributed by atoms with Crippen molar-refractivity contribution in [3.8, 4) is 11.5 Å². The number of H-pyrrole nitrogens is 1. The maximum absolute atomic E-state index is 13.0. The molecule has 10 heteroatoms. The standard InChI is InChI=1S/C25H31N7O3/c26-16-2-5-32(6-3-16)24(33)22-30-23(35-31-22)18-12-28-21-17(1-4-27-21)20(18)29-19-14-7-13-8-15(19)11-25(34,9-13)10-14/h1,4,12-16,19,34H,2-3,5-11,26H2,(H2,27,28,29). The molecule has 2 unspecified atom stereocenters. The molecule has 4 bridgehead atoms. The number of hydrogen-bond acceptors (Lipinski definition) is 8. The summed E-state index contributed by atoms with van der Waals surface area (Å²) in [6.45, 7) is 1.21. The van der Waals surface area contributed by atoms with E-state index in [2.05, 4.69) is 25.4 Å². The van der Waals surface area contributed by atoms with Crippen LogP contribution in [-0.2, 0) is 0 Å². The third-order valence-corrected chi connectivity index (χ3v) is 8.81. The molecular formula is C25H31N7O3. The number of anilines is 1. The number of nitrogens with zero attached hydrogens (tertiary/aromatic N) is 4. The first-order valence-electron chi connectivity index (χ1n) is 12.8. The van der Waals surface area contributed by atoms with Crippen LogP contribution in [0.3, 0.4) is 0 Å². The van der Waals surface area contributed by atoms with Gasteiger partial charge in [-0.25, -0.2) is 4.98 Å². The highest BCUT2D eigenvalue weighted by atomic mass is 16.5. The van der Waals surface area contributed by atoms with Crippen LogP contribution in [0.15, 0.2) is 23.0 Å². The summed E-state index contributed by atoms with van der Waals surface area (Å²) in [7, 11) is 0. The maximum atomic E-state index is 13.0. The summed E-state index contributed by atoms with van der Waals surface area (Å²) in [4.78, 5) is 26.9. The van der Waals surface area contributed by atoms with Crippen LogP contribution in [0.25, 0.3) is 22.5 Å². The van der Waals surface area contributed by atoms with Crippen LogP contribution in [0.5, 0.6) is 0 Å². The molecule has 35 heavy (non-hydrogen) atoms. The third-order valence-electron chi connectivity index (χ3n) is 8.81. The number of hydrogen-bond donors (Lipinski definition) is 4. The van der Waals surface area contributed by atoms with Crippen LogP contribution in [0.4, 0.5) is 5.69 Å². The zero-order chi connectivity index (χ0) is 23.7. The Morgan fingerprint density at radius 3 is 2.74 bits per heavy atom. The first-order chi connectivity index (χ1) is 17.0. The minimum Gasteiger partial charge on any atom is -0.390 e. The van der Waals surface area contributed by atoms with E-state index in [1.54, 1.807) is 11.1 Å². The van der Waals surface area contributed by atoms with Gasteiger partial charge in [0.1, 0.15) is 5.65 Å². The molecule has 4 heterocycles. The molecule has 0 spiro atoms. The average Bonchev–Trinajstić information content (AvgIpc) is 3.50. The van der Waals surface area contributed by atoms with E-state index in [0.29, 0.717) is 36.4 Å². The lowest BCUT2D eigenvalue weighted by Crippen LogP contribution is -2.59. The molecule has 1 amide bonds. The zero-order valence-corrected chi connectivity index (χ0v) is 19.6. The van der Waals surface area contributed by atoms with E-state index in [-0.39, 0.29) is 29.7 Å². The quantitative estimate of drug-likeness (QED) is 0.448. The molecule has 1 saturated heterocycles. The molecule has 5 fully saturated rings. The highest BCUT2D eigenvalue weighted by molar-refractivity contribution is 5.97. The lowest BCUT2D eigenvalue weighted by molar-refractivity contribution is -0.129. The summed E-state index contributed by atoms with van der Waals surface area (Å²) in [5, 5.41) is 19.8. The summed E-state index contributed by atoms with van der Waals surface area (Å²) < 4.78 is 5.61. The summed E-state index contributed by atoms with van der Waals surface area (Å²) >= 11 is 0. The van der Waals surface area contributed by atoms with Crippen molar-refractivity contribution >= 4 is 22.6 Å². The second-order valence-corrected chi connectivity index (χ2v) is 11.2. The topological polar surface area (TPSA) is 146 Å². The fourth-order valence-corrected chi connectivity index (χ4v) is 7.37. The number of aromatic nitrogens is 4. The van der Waals surface area contributed by atoms with Gasteiger partial charge in [-0.3, -0.25) is 4.79 Å². The van der Waals surface area contributed by atoms with Crippen LogP contribution in [-0.4, -0.2) is 66.8 Å². The molecule has 0 radical (unpaired) electrons. The Balaban J connectivity index is 1.21. The van der Waals surface area contributed by atoms with E-state index in [4.69, 9.17) is 10.3 Å². The molecule has 4 aliphatic carbocycles. The molecule has 4 saturated carbocycles. The van der Waals surface area contributed by atoms with Crippen LogP contribution in [0.1, 0.15) is 55.6 Å². The van der Waals surface area contributed by atoms with Crippen LogP contribution in [0.2, 0.25) is 0 Å². The van der Waals surface area contributed by atoms with Gasteiger partial charge >= 0.3 is 0 Å². The Hall–Kier alpha value is -2.98. The molecule has 3 aromatic rings. The summed E-state index contributed by atoms with van der Waals surface area (Å²) in [5.74, 6) is 1.62. The minimum atomic E-state index is -0.487. The number of rotatable bonds is 4. The molecule has 5 N–H and O–H groups in total. The molecule has 1 aliphatic heterocycles. The van der Waals surface area contributed by atoms with Gasteiger partial charge in [0, 0.05) is 43.0 Å². The number of piperidine rings is 1. The largest absolute Gasteiger partial charge is 0.390 e. The third kappa shape index (κ3) is 3.53. The maximum Gasteiger partial charge on any atom is 0.295 e. The van der Waals surface area contributed by atoms with E-state index < -0.39 is 5.60 Å². The van der Waals surface area contributed by atoms with Crippen molar-refractivity contribution in [2.75, 3.05) is 18.4 Å². The van der Waals surface area contributed by atoms with Gasteiger partial charge in [-0.2, -0.15) is 4.98 Å². The number of likely N-dealkylation sites (tertiary alicyclic amines) is 1. The van der Waals surface area contributed by atoms with Crippen molar-refractivity contribution < 1.29 is 14.4 Å². The van der Waals surface area contributed by atoms with E-state index in [9.17, 15) is 9.90 Å². The Labute approximate surface area is 202 Å². The fraction of sp³-hybridized carbons (Fsp3) is 0.600. The summed E-state index contributed by atoms with van der Waals surface area (Å²) in [6.07, 6.45) is 10.1. The van der Waals surface area contributed by atoms with Crippen molar-refractivity contribution in [3.63, 3.8) is 0 Å². The van der Waals surface area contributed by atoms with E-state index >= 15 is 0 Å². The number of amides is 1. The van der Waals surface area contributed by atoms with Crippen LogP contribution >= 0.6 is 0 Å². The predicted molar refractivity (Wildman–Crippen MR) is 128 cm³/mol. The van der Waals surface area contributed by atoms with Gasteiger partial charge in [0.2, 0.25) is 0 Å². The Kier molecular flexibility index (Phi) is 4.73. The molecule has 2 atom stereocenters. The number of aromatic amines is 1. The van der Waals surface area contributed by atoms with Gasteiger partial charge in [-0.15, -0.1) is 0 Å². The smallest absolute Gasteiger partial charge is 0.295 e. The number of pyridine rings is 1. The Morgan fingerprint density at radius 2 is 2.00 bits per heavy atom. The van der Waals surface area contributed by atoms with Gasteiger partial charge in [0.15, 0.2) is 0 Å². The molecule has 10 nitrogen and oxygen atoms in total. The Bertz CT molecular complexity index is 1260. The van der Waals surface area contributed by atoms with Gasteiger partial charge in [0.05, 0.1) is 16.9 Å². The molecule has 184 valence electrons. The number of carbonyl (C=O) groups is 1. The van der Waals surface area contributed by atoms with Crippen LogP contribution < -0.4 is 11.1 Å². The number of nitrogens with one attached hydrogen (secondary N) is 2. The van der Waals surface area contributed by atoms with Crippen molar-refractivity contribution in [1.29, 1.82) is 0 Å². The number of fused-ring (bicyclic) bond motifs is 1. The van der Waals surface area contributed by atoms with Gasteiger partial charge < -0.3 is 30.6 Å². The molecule has 3 aromatic heterocycles. The van der Waals surface area contributed by atoms with Crippen molar-refractivity contribution in [3.05, 3.63) is 24.3 Å². The SMILES string of the molecule is NC1CCN(C(=O)c2noc(-c3cnc4[nH]ccc4c3NC3C4CC5CC3CC(O)(C5)C4)n2)CC1. The monoisotopic (exact) mass is 477 g/mol. The minimum absolute atomic E-state index is 0.0624. The molecular weight excluding hydrogens is 446 g/mol. The van der Waals surface area contributed by atoms with Crippen molar-refractivity contribution in [1.82, 2.24) is 25.0 Å². The number of carbonyl (C=O) groups excluding carboxylic acids is 1. The van der Waals surface area contributed by atoms with Gasteiger partial charge in [-0.05, 0) is 68.8 Å². The molecule has 5 aliphatic rings. The lowest BCUT2D eigenvalue weighted by atomic mass is 9.52. The fourth-order valence-electron chi connectivity index (χ4n) is 7.37. The lowest BCUT2D eigenvalue weighted by Gasteiger charge is -2.58. The van der Waals surface area contributed by atoms with E-state index in [1.807, 2.05) is 12.3 Å². The molecule has 8 rings (SSSR count). The predicted octanol–water partition coefficient (Wildman–Crippen LogP) is 2.53.